The molecule has 0 saturated carbocycles. The number of ether oxygens (including phenoxy) is 1. The Labute approximate surface area is 152 Å². The molecule has 0 aliphatic carbocycles. The molecule has 0 N–H and O–H groups in total. The van der Waals surface area contributed by atoms with Crippen molar-refractivity contribution in [1.82, 2.24) is 14.9 Å². The zero-order chi connectivity index (χ0) is 17.3. The fraction of sp³-hybridized carbons (Fsp3) is 0.400. The van der Waals surface area contributed by atoms with Crippen molar-refractivity contribution in [3.63, 3.8) is 0 Å². The predicted molar refractivity (Wildman–Crippen MR) is 102 cm³/mol. The van der Waals surface area contributed by atoms with Gasteiger partial charge in [-0.25, -0.2) is 4.98 Å². The quantitative estimate of drug-likeness (QED) is 0.642. The molecule has 130 valence electrons. The van der Waals surface area contributed by atoms with Crippen LogP contribution in [0.3, 0.4) is 0 Å². The summed E-state index contributed by atoms with van der Waals surface area (Å²) in [4.78, 5) is 11.3. The highest BCUT2D eigenvalue weighted by Crippen LogP contribution is 2.31. The van der Waals surface area contributed by atoms with Gasteiger partial charge in [-0.3, -0.25) is 4.90 Å². The first-order valence-electron chi connectivity index (χ1n) is 8.84. The van der Waals surface area contributed by atoms with Gasteiger partial charge in [0.05, 0.1) is 4.70 Å². The van der Waals surface area contributed by atoms with Gasteiger partial charge in [0.1, 0.15) is 5.75 Å². The minimum Gasteiger partial charge on any atom is -0.431 e. The number of aromatic nitrogens is 2. The van der Waals surface area contributed by atoms with E-state index in [0.29, 0.717) is 10.7 Å². The van der Waals surface area contributed by atoms with Crippen LogP contribution in [0, 0.1) is 0 Å². The van der Waals surface area contributed by atoms with Crippen LogP contribution in [-0.2, 0) is 6.54 Å². The Morgan fingerprint density at radius 1 is 1.16 bits per heavy atom. The minimum atomic E-state index is 0.293. The lowest BCUT2D eigenvalue weighted by Gasteiger charge is -2.42. The molecule has 0 radical (unpaired) electrons. The SMILES string of the molecule is CC1(C)CCCCN1Cc1ccc(Oc2nc3ncccc3s2)cc1. The van der Waals surface area contributed by atoms with Crippen molar-refractivity contribution < 1.29 is 4.74 Å². The molecule has 0 bridgehead atoms. The summed E-state index contributed by atoms with van der Waals surface area (Å²) in [6, 6.07) is 12.3. The standard InChI is InChI=1S/C20H23N3OS/c1-20(2)11-3-4-13-23(20)14-15-7-9-16(10-8-15)24-19-22-18-17(25-19)6-5-12-21-18/h5-10,12H,3-4,11,13-14H2,1-2H3. The average molecular weight is 353 g/mol. The normalized spacial score (nSPS) is 17.7. The van der Waals surface area contributed by atoms with E-state index in [9.17, 15) is 0 Å². The molecule has 0 amide bonds. The Morgan fingerprint density at radius 3 is 2.76 bits per heavy atom. The van der Waals surface area contributed by atoms with Crippen LogP contribution in [0.5, 0.6) is 10.9 Å². The summed E-state index contributed by atoms with van der Waals surface area (Å²) in [6.07, 6.45) is 5.67. The first kappa shape index (κ1) is 16.5. The van der Waals surface area contributed by atoms with E-state index in [1.165, 1.54) is 42.7 Å². The number of pyridine rings is 1. The summed E-state index contributed by atoms with van der Waals surface area (Å²) >= 11 is 1.52. The van der Waals surface area contributed by atoms with Gasteiger partial charge in [0.25, 0.3) is 5.19 Å². The molecule has 0 unspecified atom stereocenters. The van der Waals surface area contributed by atoms with Crippen molar-refractivity contribution >= 4 is 21.7 Å². The number of hydrogen-bond acceptors (Lipinski definition) is 5. The second kappa shape index (κ2) is 6.73. The molecule has 2 aromatic heterocycles. The van der Waals surface area contributed by atoms with Gasteiger partial charge >= 0.3 is 0 Å². The van der Waals surface area contributed by atoms with E-state index in [0.717, 1.165) is 22.6 Å². The maximum Gasteiger partial charge on any atom is 0.281 e. The summed E-state index contributed by atoms with van der Waals surface area (Å²) in [5.74, 6) is 0.820. The smallest absolute Gasteiger partial charge is 0.281 e. The van der Waals surface area contributed by atoms with Crippen LogP contribution in [0.2, 0.25) is 0 Å². The number of benzene rings is 1. The zero-order valence-corrected chi connectivity index (χ0v) is 15.6. The molecule has 0 atom stereocenters. The van der Waals surface area contributed by atoms with Gasteiger partial charge in [0.2, 0.25) is 0 Å². The predicted octanol–water partition coefficient (Wildman–Crippen LogP) is 5.25. The average Bonchev–Trinajstić information content (AvgIpc) is 3.00. The van der Waals surface area contributed by atoms with E-state index >= 15 is 0 Å². The molecule has 1 saturated heterocycles. The van der Waals surface area contributed by atoms with Crippen LogP contribution < -0.4 is 4.74 Å². The summed E-state index contributed by atoms with van der Waals surface area (Å²) in [6.45, 7) is 6.89. The lowest BCUT2D eigenvalue weighted by Crippen LogP contribution is -2.46. The van der Waals surface area contributed by atoms with E-state index in [-0.39, 0.29) is 0 Å². The molecular weight excluding hydrogens is 330 g/mol. The number of piperidine rings is 1. The van der Waals surface area contributed by atoms with Crippen LogP contribution in [0.15, 0.2) is 42.6 Å². The molecule has 3 heterocycles. The summed E-state index contributed by atoms with van der Waals surface area (Å²) in [7, 11) is 0. The van der Waals surface area contributed by atoms with Crippen molar-refractivity contribution in [2.45, 2.75) is 45.2 Å². The topological polar surface area (TPSA) is 38.2 Å². The maximum atomic E-state index is 5.90. The number of likely N-dealkylation sites (tertiary alicyclic amines) is 1. The highest BCUT2D eigenvalue weighted by Gasteiger charge is 2.29. The van der Waals surface area contributed by atoms with Gasteiger partial charge in [0, 0.05) is 18.3 Å². The van der Waals surface area contributed by atoms with Crippen LogP contribution >= 0.6 is 11.3 Å². The molecule has 1 aromatic carbocycles. The zero-order valence-electron chi connectivity index (χ0n) is 14.7. The third-order valence-electron chi connectivity index (χ3n) is 4.97. The number of nitrogens with zero attached hydrogens (tertiary/aromatic N) is 3. The van der Waals surface area contributed by atoms with Gasteiger partial charge < -0.3 is 4.74 Å². The van der Waals surface area contributed by atoms with E-state index in [1.54, 1.807) is 6.20 Å². The first-order valence-corrected chi connectivity index (χ1v) is 9.65. The van der Waals surface area contributed by atoms with Gasteiger partial charge in [-0.1, -0.05) is 29.9 Å². The minimum absolute atomic E-state index is 0.293. The molecule has 4 nitrogen and oxygen atoms in total. The van der Waals surface area contributed by atoms with Crippen molar-refractivity contribution in [2.24, 2.45) is 0 Å². The third kappa shape index (κ3) is 3.67. The first-order chi connectivity index (χ1) is 12.1. The Kier molecular flexibility index (Phi) is 4.44. The monoisotopic (exact) mass is 353 g/mol. The van der Waals surface area contributed by atoms with Gasteiger partial charge in [0.15, 0.2) is 5.65 Å². The van der Waals surface area contributed by atoms with Crippen LogP contribution in [0.4, 0.5) is 0 Å². The van der Waals surface area contributed by atoms with Crippen LogP contribution in [0.25, 0.3) is 10.3 Å². The van der Waals surface area contributed by atoms with E-state index in [2.05, 4.69) is 40.8 Å². The van der Waals surface area contributed by atoms with Crippen molar-refractivity contribution in [1.29, 1.82) is 0 Å². The lowest BCUT2D eigenvalue weighted by atomic mass is 9.90. The Balaban J connectivity index is 1.44. The second-order valence-electron chi connectivity index (χ2n) is 7.24. The van der Waals surface area contributed by atoms with Crippen molar-refractivity contribution in [2.75, 3.05) is 6.54 Å². The molecular formula is C20H23N3OS. The molecule has 1 fully saturated rings. The molecule has 1 aliphatic rings. The Hall–Kier alpha value is -1.98. The second-order valence-corrected chi connectivity index (χ2v) is 8.24. The summed E-state index contributed by atoms with van der Waals surface area (Å²) < 4.78 is 6.95. The number of thiazole rings is 1. The maximum absolute atomic E-state index is 5.90. The molecule has 0 spiro atoms. The highest BCUT2D eigenvalue weighted by molar-refractivity contribution is 7.20. The lowest BCUT2D eigenvalue weighted by molar-refractivity contribution is 0.0692. The third-order valence-corrected chi connectivity index (χ3v) is 5.86. The summed E-state index contributed by atoms with van der Waals surface area (Å²) in [5.41, 5.74) is 2.36. The molecule has 5 heteroatoms. The number of rotatable bonds is 4. The fourth-order valence-electron chi connectivity index (χ4n) is 3.39. The van der Waals surface area contributed by atoms with Crippen LogP contribution in [-0.4, -0.2) is 27.0 Å². The van der Waals surface area contributed by atoms with Crippen molar-refractivity contribution in [3.05, 3.63) is 48.2 Å². The molecule has 4 rings (SSSR count). The van der Waals surface area contributed by atoms with E-state index in [4.69, 9.17) is 4.74 Å². The highest BCUT2D eigenvalue weighted by atomic mass is 32.1. The van der Waals surface area contributed by atoms with Gasteiger partial charge in [-0.15, -0.1) is 0 Å². The Bertz CT molecular complexity index is 824. The van der Waals surface area contributed by atoms with Crippen molar-refractivity contribution in [3.8, 4) is 10.9 Å². The summed E-state index contributed by atoms with van der Waals surface area (Å²) in [5, 5.41) is 0.638. The molecule has 25 heavy (non-hydrogen) atoms. The number of fused-ring (bicyclic) bond motifs is 1. The fourth-order valence-corrected chi connectivity index (χ4v) is 4.19. The van der Waals surface area contributed by atoms with E-state index in [1.807, 2.05) is 24.3 Å². The molecule has 1 aliphatic heterocycles. The van der Waals surface area contributed by atoms with E-state index < -0.39 is 0 Å². The number of hydrogen-bond donors (Lipinski definition) is 0. The largest absolute Gasteiger partial charge is 0.431 e. The van der Waals surface area contributed by atoms with Gasteiger partial charge in [-0.05, 0) is 63.1 Å². The Morgan fingerprint density at radius 2 is 2.00 bits per heavy atom. The van der Waals surface area contributed by atoms with Crippen LogP contribution in [0.1, 0.15) is 38.7 Å². The van der Waals surface area contributed by atoms with Gasteiger partial charge in [-0.2, -0.15) is 4.98 Å². The molecule has 3 aromatic rings.